The molecule has 1 aromatic heterocycles. The number of para-hydroxylation sites is 1. The molecule has 0 bridgehead atoms. The fourth-order valence-corrected chi connectivity index (χ4v) is 4.51. The summed E-state index contributed by atoms with van der Waals surface area (Å²) in [7, 11) is 0. The number of nitrogens with zero attached hydrogens (tertiary/aromatic N) is 2. The smallest absolute Gasteiger partial charge is 0.279 e. The molecular formula is C23H22N2O2S. The lowest BCUT2D eigenvalue weighted by Crippen LogP contribution is -2.20. The highest BCUT2D eigenvalue weighted by atomic mass is 32.1. The fraction of sp³-hybridized carbons (Fsp3) is 0.217. The fourth-order valence-electron chi connectivity index (χ4n) is 3.37. The third kappa shape index (κ3) is 3.63. The molecule has 1 amide bonds. The summed E-state index contributed by atoms with van der Waals surface area (Å²) in [5.41, 5.74) is 2.89. The van der Waals surface area contributed by atoms with Crippen LogP contribution in [0.4, 0.5) is 0 Å². The summed E-state index contributed by atoms with van der Waals surface area (Å²) in [6.07, 6.45) is 0. The summed E-state index contributed by atoms with van der Waals surface area (Å²) in [5, 5.41) is 2.16. The van der Waals surface area contributed by atoms with Crippen molar-refractivity contribution in [3.8, 4) is 0 Å². The first kappa shape index (κ1) is 18.6. The first-order valence-corrected chi connectivity index (χ1v) is 10.2. The number of rotatable bonds is 5. The number of ether oxygens (including phenoxy) is 1. The van der Waals surface area contributed by atoms with Crippen molar-refractivity contribution < 1.29 is 9.53 Å². The van der Waals surface area contributed by atoms with Gasteiger partial charge in [-0.05, 0) is 48.4 Å². The van der Waals surface area contributed by atoms with Crippen LogP contribution in [0.1, 0.15) is 22.8 Å². The molecule has 1 heterocycles. The Morgan fingerprint density at radius 3 is 2.71 bits per heavy atom. The quantitative estimate of drug-likeness (QED) is 0.453. The highest BCUT2D eigenvalue weighted by molar-refractivity contribution is 7.16. The topological polar surface area (TPSA) is 43.6 Å². The molecular weight excluding hydrogens is 368 g/mol. The van der Waals surface area contributed by atoms with Crippen molar-refractivity contribution >= 4 is 38.2 Å². The third-order valence-electron chi connectivity index (χ3n) is 4.76. The van der Waals surface area contributed by atoms with Crippen LogP contribution in [-0.4, -0.2) is 23.7 Å². The Balaban J connectivity index is 1.79. The van der Waals surface area contributed by atoms with Gasteiger partial charge in [0.1, 0.15) is 0 Å². The Morgan fingerprint density at radius 1 is 1.07 bits per heavy atom. The lowest BCUT2D eigenvalue weighted by molar-refractivity contribution is 0.0996. The summed E-state index contributed by atoms with van der Waals surface area (Å²) in [6, 6.07) is 19.9. The van der Waals surface area contributed by atoms with E-state index in [0.717, 1.165) is 21.0 Å². The predicted octanol–water partition coefficient (Wildman–Crippen LogP) is 4.94. The zero-order valence-electron chi connectivity index (χ0n) is 16.0. The zero-order chi connectivity index (χ0) is 19.5. The third-order valence-corrected chi connectivity index (χ3v) is 5.80. The van der Waals surface area contributed by atoms with Crippen LogP contribution in [0.5, 0.6) is 0 Å². The van der Waals surface area contributed by atoms with Gasteiger partial charge in [-0.3, -0.25) is 4.79 Å². The Kier molecular flexibility index (Phi) is 5.37. The van der Waals surface area contributed by atoms with Crippen LogP contribution < -0.4 is 4.80 Å². The van der Waals surface area contributed by atoms with Crippen molar-refractivity contribution in [1.29, 1.82) is 0 Å². The number of hydrogen-bond donors (Lipinski definition) is 0. The second kappa shape index (κ2) is 8.09. The molecule has 0 spiro atoms. The van der Waals surface area contributed by atoms with Crippen LogP contribution in [0.3, 0.4) is 0 Å². The van der Waals surface area contributed by atoms with Crippen LogP contribution in [0.25, 0.3) is 21.0 Å². The Bertz CT molecular complexity index is 1220. The highest BCUT2D eigenvalue weighted by Gasteiger charge is 2.11. The maximum atomic E-state index is 12.9. The van der Waals surface area contributed by atoms with E-state index in [2.05, 4.69) is 28.6 Å². The summed E-state index contributed by atoms with van der Waals surface area (Å²) in [4.78, 5) is 18.1. The minimum atomic E-state index is -0.222. The van der Waals surface area contributed by atoms with E-state index in [9.17, 15) is 4.79 Å². The van der Waals surface area contributed by atoms with E-state index in [1.165, 1.54) is 5.56 Å². The molecule has 0 saturated carbocycles. The number of fused-ring (bicyclic) bond motifs is 2. The van der Waals surface area contributed by atoms with E-state index in [0.29, 0.717) is 30.1 Å². The molecule has 4 nitrogen and oxygen atoms in total. The molecule has 0 atom stereocenters. The number of carbonyl (C=O) groups excluding carboxylic acids is 1. The van der Waals surface area contributed by atoms with Crippen molar-refractivity contribution in [2.45, 2.75) is 20.4 Å². The van der Waals surface area contributed by atoms with Crippen molar-refractivity contribution in [2.24, 2.45) is 4.99 Å². The van der Waals surface area contributed by atoms with Gasteiger partial charge < -0.3 is 9.30 Å². The molecule has 0 aliphatic rings. The molecule has 4 rings (SSSR count). The molecule has 0 N–H and O–H groups in total. The maximum absolute atomic E-state index is 12.9. The van der Waals surface area contributed by atoms with Crippen LogP contribution in [0.2, 0.25) is 0 Å². The van der Waals surface area contributed by atoms with Gasteiger partial charge in [0.2, 0.25) is 0 Å². The molecule has 0 radical (unpaired) electrons. The number of aryl methyl sites for hydroxylation is 1. The number of hydrogen-bond acceptors (Lipinski definition) is 3. The van der Waals surface area contributed by atoms with Crippen LogP contribution in [0.15, 0.2) is 65.7 Å². The predicted molar refractivity (Wildman–Crippen MR) is 115 cm³/mol. The zero-order valence-corrected chi connectivity index (χ0v) is 16.8. The molecule has 0 aliphatic carbocycles. The summed E-state index contributed by atoms with van der Waals surface area (Å²) in [6.45, 7) is 6.00. The van der Waals surface area contributed by atoms with Gasteiger partial charge in [-0.1, -0.05) is 53.8 Å². The SMILES string of the molecule is CCOCCn1c(=NC(=O)c2ccc3ccccc3c2)sc2cccc(C)c21. The number of amides is 1. The number of thiazole rings is 1. The van der Waals surface area contributed by atoms with E-state index in [-0.39, 0.29) is 5.91 Å². The molecule has 3 aromatic carbocycles. The molecule has 0 fully saturated rings. The molecule has 0 unspecified atom stereocenters. The summed E-state index contributed by atoms with van der Waals surface area (Å²) in [5.74, 6) is -0.222. The molecule has 28 heavy (non-hydrogen) atoms. The van der Waals surface area contributed by atoms with Crippen LogP contribution >= 0.6 is 11.3 Å². The van der Waals surface area contributed by atoms with Crippen molar-refractivity contribution in [3.63, 3.8) is 0 Å². The minimum Gasteiger partial charge on any atom is -0.380 e. The summed E-state index contributed by atoms with van der Waals surface area (Å²) < 4.78 is 8.77. The molecule has 0 saturated heterocycles. The lowest BCUT2D eigenvalue weighted by Gasteiger charge is -2.07. The highest BCUT2D eigenvalue weighted by Crippen LogP contribution is 2.21. The van der Waals surface area contributed by atoms with E-state index >= 15 is 0 Å². The first-order valence-electron chi connectivity index (χ1n) is 9.42. The second-order valence-corrected chi connectivity index (χ2v) is 7.64. The average molecular weight is 391 g/mol. The van der Waals surface area contributed by atoms with Gasteiger partial charge in [0.05, 0.1) is 16.8 Å². The number of carbonyl (C=O) groups is 1. The van der Waals surface area contributed by atoms with Gasteiger partial charge in [0, 0.05) is 18.7 Å². The van der Waals surface area contributed by atoms with Gasteiger partial charge in [-0.2, -0.15) is 4.99 Å². The van der Waals surface area contributed by atoms with Gasteiger partial charge in [0.15, 0.2) is 4.80 Å². The number of benzene rings is 3. The molecule has 142 valence electrons. The molecule has 5 heteroatoms. The van der Waals surface area contributed by atoms with Gasteiger partial charge in [-0.15, -0.1) is 0 Å². The standard InChI is InChI=1S/C23H22N2O2S/c1-3-27-14-13-25-21-16(2)7-6-10-20(21)28-23(25)24-22(26)19-12-11-17-8-4-5-9-18(17)15-19/h4-12,15H,3,13-14H2,1-2H3. The van der Waals surface area contributed by atoms with Crippen molar-refractivity contribution in [3.05, 3.63) is 76.6 Å². The normalized spacial score (nSPS) is 12.1. The molecule has 4 aromatic rings. The Morgan fingerprint density at radius 2 is 1.89 bits per heavy atom. The first-order chi connectivity index (χ1) is 13.7. The van der Waals surface area contributed by atoms with E-state index < -0.39 is 0 Å². The largest absolute Gasteiger partial charge is 0.380 e. The Hall–Kier alpha value is -2.76. The van der Waals surface area contributed by atoms with Gasteiger partial charge >= 0.3 is 0 Å². The molecule has 0 aliphatic heterocycles. The van der Waals surface area contributed by atoms with Gasteiger partial charge in [0.25, 0.3) is 5.91 Å². The van der Waals surface area contributed by atoms with Gasteiger partial charge in [-0.25, -0.2) is 0 Å². The second-order valence-electron chi connectivity index (χ2n) is 6.63. The monoisotopic (exact) mass is 390 g/mol. The van der Waals surface area contributed by atoms with E-state index in [4.69, 9.17) is 4.74 Å². The van der Waals surface area contributed by atoms with E-state index in [1.54, 1.807) is 11.3 Å². The summed E-state index contributed by atoms with van der Waals surface area (Å²) >= 11 is 1.54. The van der Waals surface area contributed by atoms with Crippen LogP contribution in [0, 0.1) is 6.92 Å². The average Bonchev–Trinajstić information content (AvgIpc) is 3.06. The van der Waals surface area contributed by atoms with E-state index in [1.807, 2.05) is 55.5 Å². The number of aromatic nitrogens is 1. The Labute approximate surface area is 167 Å². The van der Waals surface area contributed by atoms with Crippen molar-refractivity contribution in [1.82, 2.24) is 4.57 Å². The maximum Gasteiger partial charge on any atom is 0.279 e. The van der Waals surface area contributed by atoms with Crippen molar-refractivity contribution in [2.75, 3.05) is 13.2 Å². The minimum absolute atomic E-state index is 0.222. The van der Waals surface area contributed by atoms with Crippen LogP contribution in [-0.2, 0) is 11.3 Å². The lowest BCUT2D eigenvalue weighted by atomic mass is 10.1.